The molecule has 1 amide bonds. The van der Waals surface area contributed by atoms with Crippen LogP contribution in [0, 0.1) is 0 Å². The third-order valence-electron chi connectivity index (χ3n) is 1.81. The number of carbonyl (C=O) groups excluding carboxylic acids is 2. The Hall–Kier alpha value is -1.18. The lowest BCUT2D eigenvalue weighted by molar-refractivity contribution is -0.294. The summed E-state index contributed by atoms with van der Waals surface area (Å²) in [5.74, 6) is -0.354. The zero-order valence-corrected chi connectivity index (χ0v) is 11.0. The molecule has 2 N–H and O–H groups in total. The van der Waals surface area contributed by atoms with E-state index in [1.807, 2.05) is 0 Å². The molecule has 0 aromatic heterocycles. The Bertz CT molecular complexity index is 235. The Labute approximate surface area is 107 Å². The summed E-state index contributed by atoms with van der Waals surface area (Å²) in [6, 6.07) is 0. The molecule has 18 heavy (non-hydrogen) atoms. The normalized spacial score (nSPS) is 10.1. The van der Waals surface area contributed by atoms with Gasteiger partial charge in [0.05, 0.1) is 13.0 Å². The summed E-state index contributed by atoms with van der Waals surface area (Å²) in [5, 5.41) is 5.65. The smallest absolute Gasteiger partial charge is 0.307 e. The van der Waals surface area contributed by atoms with Gasteiger partial charge in [0.1, 0.15) is 13.2 Å². The van der Waals surface area contributed by atoms with E-state index in [1.54, 1.807) is 6.92 Å². The Balaban J connectivity index is 3.19. The number of hydrogen-bond donors (Lipinski definition) is 2. The van der Waals surface area contributed by atoms with Crippen LogP contribution in [-0.2, 0) is 24.1 Å². The van der Waals surface area contributed by atoms with E-state index in [2.05, 4.69) is 20.4 Å². The van der Waals surface area contributed by atoms with Crippen LogP contribution in [0.15, 0.2) is 0 Å². The lowest BCUT2D eigenvalue weighted by atomic mass is 10.4. The van der Waals surface area contributed by atoms with Crippen molar-refractivity contribution in [3.63, 3.8) is 0 Å². The molecule has 0 fully saturated rings. The van der Waals surface area contributed by atoms with Crippen LogP contribution >= 0.6 is 0 Å². The molecule has 0 radical (unpaired) electrons. The standard InChI is InChI=1S/C11H22N2O5/c1-3-17-18-9-8-16-11(15)4-5-12-6-7-13-10(2)14/h12H,3-9H2,1-2H3,(H,13,14). The average molecular weight is 262 g/mol. The van der Waals surface area contributed by atoms with Crippen molar-refractivity contribution in [3.8, 4) is 0 Å². The second-order valence-corrected chi connectivity index (χ2v) is 3.43. The maximum atomic E-state index is 11.2. The molecule has 0 saturated heterocycles. The quantitative estimate of drug-likeness (QED) is 0.228. The predicted octanol–water partition coefficient (Wildman–Crippen LogP) is -0.386. The molecule has 0 spiro atoms. The van der Waals surface area contributed by atoms with Gasteiger partial charge in [-0.05, 0) is 6.92 Å². The second kappa shape index (κ2) is 12.3. The molecule has 0 aromatic rings. The summed E-state index contributed by atoms with van der Waals surface area (Å²) in [6.45, 7) is 5.84. The van der Waals surface area contributed by atoms with Crippen molar-refractivity contribution in [2.45, 2.75) is 20.3 Å². The Kier molecular flexibility index (Phi) is 11.5. The number of ether oxygens (including phenoxy) is 1. The summed E-state index contributed by atoms with van der Waals surface area (Å²) >= 11 is 0. The van der Waals surface area contributed by atoms with E-state index in [0.29, 0.717) is 26.2 Å². The molecule has 0 aliphatic rings. The van der Waals surface area contributed by atoms with E-state index in [9.17, 15) is 9.59 Å². The largest absolute Gasteiger partial charge is 0.463 e. The Morgan fingerprint density at radius 3 is 2.50 bits per heavy atom. The highest BCUT2D eigenvalue weighted by Crippen LogP contribution is 1.86. The molecule has 7 nitrogen and oxygen atoms in total. The van der Waals surface area contributed by atoms with Crippen LogP contribution in [0.25, 0.3) is 0 Å². The van der Waals surface area contributed by atoms with Gasteiger partial charge in [-0.3, -0.25) is 9.59 Å². The zero-order valence-electron chi connectivity index (χ0n) is 11.0. The number of rotatable bonds is 11. The number of amides is 1. The van der Waals surface area contributed by atoms with Gasteiger partial charge >= 0.3 is 5.97 Å². The molecular weight excluding hydrogens is 240 g/mol. The molecule has 0 bridgehead atoms. The monoisotopic (exact) mass is 262 g/mol. The summed E-state index contributed by atoms with van der Waals surface area (Å²) in [7, 11) is 0. The number of hydrogen-bond acceptors (Lipinski definition) is 6. The fraction of sp³-hybridized carbons (Fsp3) is 0.818. The maximum Gasteiger partial charge on any atom is 0.307 e. The van der Waals surface area contributed by atoms with Crippen molar-refractivity contribution in [2.75, 3.05) is 39.5 Å². The van der Waals surface area contributed by atoms with Crippen molar-refractivity contribution in [2.24, 2.45) is 0 Å². The molecule has 0 atom stereocenters. The third-order valence-corrected chi connectivity index (χ3v) is 1.81. The van der Waals surface area contributed by atoms with Crippen molar-refractivity contribution in [1.82, 2.24) is 10.6 Å². The average Bonchev–Trinajstić information content (AvgIpc) is 2.33. The SMILES string of the molecule is CCOOCCOC(=O)CCNCCNC(C)=O. The van der Waals surface area contributed by atoms with E-state index in [1.165, 1.54) is 6.92 Å². The van der Waals surface area contributed by atoms with Gasteiger partial charge in [0.25, 0.3) is 0 Å². The minimum Gasteiger partial charge on any atom is -0.463 e. The van der Waals surface area contributed by atoms with Gasteiger partial charge in [-0.1, -0.05) is 0 Å². The van der Waals surface area contributed by atoms with Crippen LogP contribution in [-0.4, -0.2) is 51.3 Å². The van der Waals surface area contributed by atoms with Crippen molar-refractivity contribution in [3.05, 3.63) is 0 Å². The summed E-state index contributed by atoms with van der Waals surface area (Å²) < 4.78 is 4.88. The molecule has 0 aromatic carbocycles. The highest BCUT2D eigenvalue weighted by Gasteiger charge is 2.02. The lowest BCUT2D eigenvalue weighted by Gasteiger charge is -2.06. The van der Waals surface area contributed by atoms with Gasteiger partial charge in [-0.25, -0.2) is 9.78 Å². The number of esters is 1. The molecule has 106 valence electrons. The molecule has 0 aliphatic carbocycles. The van der Waals surface area contributed by atoms with E-state index in [-0.39, 0.29) is 31.5 Å². The first-order valence-electron chi connectivity index (χ1n) is 6.02. The topological polar surface area (TPSA) is 85.9 Å². The van der Waals surface area contributed by atoms with Gasteiger partial charge < -0.3 is 15.4 Å². The Morgan fingerprint density at radius 2 is 1.83 bits per heavy atom. The van der Waals surface area contributed by atoms with Gasteiger partial charge in [0, 0.05) is 26.6 Å². The molecule has 7 heteroatoms. The minimum atomic E-state index is -0.290. The number of nitrogens with one attached hydrogen (secondary N) is 2. The van der Waals surface area contributed by atoms with Crippen molar-refractivity contribution in [1.29, 1.82) is 0 Å². The molecular formula is C11H22N2O5. The van der Waals surface area contributed by atoms with Crippen LogP contribution in [0.2, 0.25) is 0 Å². The predicted molar refractivity (Wildman–Crippen MR) is 64.7 cm³/mol. The van der Waals surface area contributed by atoms with E-state index >= 15 is 0 Å². The summed E-state index contributed by atoms with van der Waals surface area (Å²) in [6.07, 6.45) is 0.286. The fourth-order valence-corrected chi connectivity index (χ4v) is 1.05. The van der Waals surface area contributed by atoms with Gasteiger partial charge in [-0.2, -0.15) is 0 Å². The minimum absolute atomic E-state index is 0.0643. The van der Waals surface area contributed by atoms with Crippen LogP contribution in [0.1, 0.15) is 20.3 Å². The molecule has 0 rings (SSSR count). The van der Waals surface area contributed by atoms with Crippen LogP contribution < -0.4 is 10.6 Å². The molecule has 0 aliphatic heterocycles. The molecule has 0 unspecified atom stereocenters. The first kappa shape index (κ1) is 16.8. The van der Waals surface area contributed by atoms with Crippen molar-refractivity contribution < 1.29 is 24.1 Å². The van der Waals surface area contributed by atoms with E-state index < -0.39 is 0 Å². The Morgan fingerprint density at radius 1 is 1.06 bits per heavy atom. The van der Waals surface area contributed by atoms with E-state index in [4.69, 9.17) is 4.74 Å². The van der Waals surface area contributed by atoms with Crippen LogP contribution in [0.5, 0.6) is 0 Å². The maximum absolute atomic E-state index is 11.2. The van der Waals surface area contributed by atoms with Crippen LogP contribution in [0.3, 0.4) is 0 Å². The molecule has 0 heterocycles. The highest BCUT2D eigenvalue weighted by atomic mass is 17.2. The first-order valence-corrected chi connectivity index (χ1v) is 6.02. The molecule has 0 saturated carbocycles. The zero-order chi connectivity index (χ0) is 13.6. The van der Waals surface area contributed by atoms with Crippen LogP contribution in [0.4, 0.5) is 0 Å². The van der Waals surface area contributed by atoms with Gasteiger partial charge in [0.15, 0.2) is 0 Å². The van der Waals surface area contributed by atoms with Gasteiger partial charge in [0.2, 0.25) is 5.91 Å². The summed E-state index contributed by atoms with van der Waals surface area (Å²) in [5.41, 5.74) is 0. The fourth-order valence-electron chi connectivity index (χ4n) is 1.05. The lowest BCUT2D eigenvalue weighted by Crippen LogP contribution is -2.31. The highest BCUT2D eigenvalue weighted by molar-refractivity contribution is 5.72. The summed E-state index contributed by atoms with van der Waals surface area (Å²) in [4.78, 5) is 31.0. The van der Waals surface area contributed by atoms with Gasteiger partial charge in [-0.15, -0.1) is 0 Å². The van der Waals surface area contributed by atoms with Crippen molar-refractivity contribution >= 4 is 11.9 Å². The first-order chi connectivity index (χ1) is 8.66. The van der Waals surface area contributed by atoms with E-state index in [0.717, 1.165) is 0 Å². The second-order valence-electron chi connectivity index (χ2n) is 3.43. The number of carbonyl (C=O) groups is 2. The third kappa shape index (κ3) is 12.9.